The van der Waals surface area contributed by atoms with Crippen LogP contribution in [-0.4, -0.2) is 20.3 Å². The highest BCUT2D eigenvalue weighted by Crippen LogP contribution is 2.32. The van der Waals surface area contributed by atoms with Crippen molar-refractivity contribution in [3.8, 4) is 23.0 Å². The molecule has 0 saturated carbocycles. The number of benzene rings is 2. The summed E-state index contributed by atoms with van der Waals surface area (Å²) in [7, 11) is 0. The van der Waals surface area contributed by atoms with Crippen LogP contribution in [-0.2, 0) is 12.8 Å². The molecule has 0 amide bonds. The summed E-state index contributed by atoms with van der Waals surface area (Å²) in [6, 6.07) is 10.9. The second-order valence-corrected chi connectivity index (χ2v) is 5.62. The van der Waals surface area contributed by atoms with Gasteiger partial charge in [0.15, 0.2) is 11.5 Å². The molecular formula is C17H11ClF3N3O2. The summed E-state index contributed by atoms with van der Waals surface area (Å²) in [6.07, 6.45) is -4.49. The molecule has 134 valence electrons. The summed E-state index contributed by atoms with van der Waals surface area (Å²) in [5.74, 6) is 0.258. The number of nitrogens with zero attached hydrogens (tertiary/aromatic N) is 3. The Hall–Kier alpha value is -2.71. The first-order valence-electron chi connectivity index (χ1n) is 7.32. The number of alkyl halides is 3. The van der Waals surface area contributed by atoms with Gasteiger partial charge >= 0.3 is 6.18 Å². The van der Waals surface area contributed by atoms with E-state index < -0.39 is 18.3 Å². The van der Waals surface area contributed by atoms with E-state index in [1.54, 1.807) is 24.3 Å². The highest BCUT2D eigenvalue weighted by molar-refractivity contribution is 6.30. The zero-order chi connectivity index (χ0) is 18.7. The van der Waals surface area contributed by atoms with Gasteiger partial charge in [0.1, 0.15) is 5.75 Å². The van der Waals surface area contributed by atoms with Crippen LogP contribution in [0.1, 0.15) is 11.3 Å². The van der Waals surface area contributed by atoms with Gasteiger partial charge in [0.25, 0.3) is 0 Å². The lowest BCUT2D eigenvalue weighted by Gasteiger charge is -2.10. The number of halogens is 4. The Bertz CT molecular complexity index is 918. The van der Waals surface area contributed by atoms with E-state index in [-0.39, 0.29) is 23.0 Å². The molecule has 0 fully saturated rings. The molecule has 0 unspecified atom stereocenters. The minimum absolute atomic E-state index is 0.0516. The SMILES string of the molecule is OCc1nnc(-c2cccc(C(F)(F)F)c2)nc1Oc1ccc(Cl)cc1. The molecule has 3 rings (SSSR count). The van der Waals surface area contributed by atoms with E-state index in [0.29, 0.717) is 10.8 Å². The molecule has 1 heterocycles. The predicted octanol–water partition coefficient (Wildman–Crippen LogP) is 4.50. The lowest BCUT2D eigenvalue weighted by atomic mass is 10.1. The van der Waals surface area contributed by atoms with Gasteiger partial charge in [-0.15, -0.1) is 10.2 Å². The topological polar surface area (TPSA) is 68.1 Å². The Morgan fingerprint density at radius 1 is 1.04 bits per heavy atom. The summed E-state index contributed by atoms with van der Waals surface area (Å²) in [6.45, 7) is -0.494. The van der Waals surface area contributed by atoms with Crippen LogP contribution < -0.4 is 4.74 Å². The standard InChI is InChI=1S/C17H11ClF3N3O2/c18-12-4-6-13(7-5-12)26-16-14(9-25)23-24-15(22-16)10-2-1-3-11(8-10)17(19,20)21/h1-8,25H,9H2. The normalized spacial score (nSPS) is 11.4. The van der Waals surface area contributed by atoms with Crippen LogP contribution in [0.25, 0.3) is 11.4 Å². The van der Waals surface area contributed by atoms with Gasteiger partial charge in [-0.1, -0.05) is 23.7 Å². The molecule has 0 spiro atoms. The molecule has 0 aliphatic rings. The summed E-state index contributed by atoms with van der Waals surface area (Å²) < 4.78 is 44.2. The van der Waals surface area contributed by atoms with Crippen molar-refractivity contribution < 1.29 is 23.0 Å². The van der Waals surface area contributed by atoms with Crippen molar-refractivity contribution in [2.45, 2.75) is 12.8 Å². The van der Waals surface area contributed by atoms with Crippen molar-refractivity contribution in [2.24, 2.45) is 0 Å². The largest absolute Gasteiger partial charge is 0.437 e. The minimum Gasteiger partial charge on any atom is -0.437 e. The van der Waals surface area contributed by atoms with E-state index in [2.05, 4.69) is 15.2 Å². The van der Waals surface area contributed by atoms with E-state index in [0.717, 1.165) is 12.1 Å². The van der Waals surface area contributed by atoms with E-state index in [1.807, 2.05) is 0 Å². The number of aliphatic hydroxyl groups is 1. The van der Waals surface area contributed by atoms with Gasteiger partial charge < -0.3 is 9.84 Å². The predicted molar refractivity (Wildman–Crippen MR) is 87.7 cm³/mol. The van der Waals surface area contributed by atoms with Crippen LogP contribution in [0.3, 0.4) is 0 Å². The van der Waals surface area contributed by atoms with Crippen molar-refractivity contribution in [3.05, 3.63) is 64.8 Å². The number of rotatable bonds is 4. The lowest BCUT2D eigenvalue weighted by Crippen LogP contribution is -2.06. The fraction of sp³-hybridized carbons (Fsp3) is 0.118. The molecule has 0 radical (unpaired) electrons. The number of aromatic nitrogens is 3. The lowest BCUT2D eigenvalue weighted by molar-refractivity contribution is -0.137. The monoisotopic (exact) mass is 381 g/mol. The molecular weight excluding hydrogens is 371 g/mol. The Morgan fingerprint density at radius 3 is 2.42 bits per heavy atom. The average molecular weight is 382 g/mol. The van der Waals surface area contributed by atoms with Gasteiger partial charge in [-0.25, -0.2) is 0 Å². The maximum absolute atomic E-state index is 12.9. The van der Waals surface area contributed by atoms with Crippen molar-refractivity contribution in [1.82, 2.24) is 15.2 Å². The average Bonchev–Trinajstić information content (AvgIpc) is 2.63. The highest BCUT2D eigenvalue weighted by atomic mass is 35.5. The van der Waals surface area contributed by atoms with E-state index in [1.165, 1.54) is 12.1 Å². The highest BCUT2D eigenvalue weighted by Gasteiger charge is 2.30. The van der Waals surface area contributed by atoms with E-state index >= 15 is 0 Å². The number of aliphatic hydroxyl groups excluding tert-OH is 1. The van der Waals surface area contributed by atoms with Crippen molar-refractivity contribution in [1.29, 1.82) is 0 Å². The zero-order valence-corrected chi connectivity index (χ0v) is 13.8. The fourth-order valence-electron chi connectivity index (χ4n) is 2.09. The Labute approximate surface area is 151 Å². The second-order valence-electron chi connectivity index (χ2n) is 5.18. The first-order valence-corrected chi connectivity index (χ1v) is 7.70. The summed E-state index contributed by atoms with van der Waals surface area (Å²) in [4.78, 5) is 4.10. The van der Waals surface area contributed by atoms with Gasteiger partial charge in [-0.2, -0.15) is 18.2 Å². The fourth-order valence-corrected chi connectivity index (χ4v) is 2.21. The van der Waals surface area contributed by atoms with Crippen LogP contribution in [0, 0.1) is 0 Å². The summed E-state index contributed by atoms with van der Waals surface area (Å²) in [5, 5.41) is 17.4. The molecule has 0 aliphatic heterocycles. The molecule has 0 bridgehead atoms. The second kappa shape index (κ2) is 7.27. The van der Waals surface area contributed by atoms with Crippen LogP contribution in [0.5, 0.6) is 11.6 Å². The first kappa shape index (κ1) is 18.1. The van der Waals surface area contributed by atoms with Crippen molar-refractivity contribution >= 4 is 11.6 Å². The minimum atomic E-state index is -4.49. The quantitative estimate of drug-likeness (QED) is 0.721. The molecule has 2 aromatic carbocycles. The van der Waals surface area contributed by atoms with E-state index in [4.69, 9.17) is 16.3 Å². The van der Waals surface area contributed by atoms with Gasteiger partial charge in [0, 0.05) is 10.6 Å². The first-order chi connectivity index (χ1) is 12.4. The smallest absolute Gasteiger partial charge is 0.416 e. The van der Waals surface area contributed by atoms with Crippen molar-refractivity contribution in [3.63, 3.8) is 0 Å². The number of ether oxygens (including phenoxy) is 1. The Morgan fingerprint density at radius 2 is 1.77 bits per heavy atom. The third-order valence-corrected chi connectivity index (χ3v) is 3.60. The number of hydrogen-bond acceptors (Lipinski definition) is 5. The molecule has 1 aromatic heterocycles. The molecule has 0 saturated heterocycles. The molecule has 9 heteroatoms. The van der Waals surface area contributed by atoms with Crippen LogP contribution >= 0.6 is 11.6 Å². The van der Waals surface area contributed by atoms with E-state index in [9.17, 15) is 18.3 Å². The van der Waals surface area contributed by atoms with Crippen LogP contribution in [0.4, 0.5) is 13.2 Å². The van der Waals surface area contributed by atoms with Crippen LogP contribution in [0.2, 0.25) is 5.02 Å². The molecule has 26 heavy (non-hydrogen) atoms. The number of hydrogen-bond donors (Lipinski definition) is 1. The zero-order valence-electron chi connectivity index (χ0n) is 13.0. The maximum atomic E-state index is 12.9. The molecule has 1 N–H and O–H groups in total. The summed E-state index contributed by atoms with van der Waals surface area (Å²) >= 11 is 5.80. The third kappa shape index (κ3) is 4.09. The Balaban J connectivity index is 1.98. The van der Waals surface area contributed by atoms with Gasteiger partial charge in [-0.05, 0) is 36.4 Å². The Kier molecular flexibility index (Phi) is 5.06. The molecule has 3 aromatic rings. The van der Waals surface area contributed by atoms with Gasteiger partial charge in [0.05, 0.1) is 12.2 Å². The molecule has 5 nitrogen and oxygen atoms in total. The molecule has 0 aliphatic carbocycles. The van der Waals surface area contributed by atoms with Crippen molar-refractivity contribution in [2.75, 3.05) is 0 Å². The van der Waals surface area contributed by atoms with Gasteiger partial charge in [0.2, 0.25) is 5.88 Å². The summed E-state index contributed by atoms with van der Waals surface area (Å²) in [5.41, 5.74) is -0.654. The van der Waals surface area contributed by atoms with Gasteiger partial charge in [-0.3, -0.25) is 0 Å². The maximum Gasteiger partial charge on any atom is 0.416 e. The molecule has 0 atom stereocenters. The third-order valence-electron chi connectivity index (χ3n) is 3.35. The van der Waals surface area contributed by atoms with Crippen LogP contribution in [0.15, 0.2) is 48.5 Å².